The van der Waals surface area contributed by atoms with E-state index in [0.29, 0.717) is 13.0 Å². The number of nitro benzene ring substituents is 1. The number of nitrogens with zero attached hydrogens (tertiary/aromatic N) is 1. The molecule has 106 valence electrons. The SMILES string of the molecule is O=[N+]([O-])c1ccc(NCCc2ccco2)c(C(F)F)c1. The molecule has 1 aromatic heterocycles. The Bertz CT molecular complexity index is 585. The van der Waals surface area contributed by atoms with Crippen LogP contribution in [0.4, 0.5) is 20.2 Å². The molecule has 0 radical (unpaired) electrons. The van der Waals surface area contributed by atoms with Gasteiger partial charge in [0.25, 0.3) is 12.1 Å². The molecule has 7 heteroatoms. The second kappa shape index (κ2) is 6.14. The number of non-ortho nitro benzene ring substituents is 1. The van der Waals surface area contributed by atoms with E-state index in [2.05, 4.69) is 5.32 Å². The molecule has 0 aliphatic heterocycles. The van der Waals surface area contributed by atoms with Crippen molar-refractivity contribution in [2.45, 2.75) is 12.8 Å². The average molecular weight is 282 g/mol. The summed E-state index contributed by atoms with van der Waals surface area (Å²) >= 11 is 0. The second-order valence-electron chi connectivity index (χ2n) is 4.09. The van der Waals surface area contributed by atoms with Crippen LogP contribution in [0.25, 0.3) is 0 Å². The number of halogens is 2. The quantitative estimate of drug-likeness (QED) is 0.646. The Morgan fingerprint density at radius 1 is 1.35 bits per heavy atom. The first-order valence-corrected chi connectivity index (χ1v) is 5.90. The highest BCUT2D eigenvalue weighted by molar-refractivity contribution is 5.56. The van der Waals surface area contributed by atoms with Crippen molar-refractivity contribution < 1.29 is 18.1 Å². The van der Waals surface area contributed by atoms with Gasteiger partial charge >= 0.3 is 0 Å². The predicted octanol–water partition coefficient (Wildman–Crippen LogP) is 3.78. The van der Waals surface area contributed by atoms with Gasteiger partial charge in [0.1, 0.15) is 5.76 Å². The van der Waals surface area contributed by atoms with Crippen LogP contribution < -0.4 is 5.32 Å². The summed E-state index contributed by atoms with van der Waals surface area (Å²) in [6.45, 7) is 0.394. The minimum absolute atomic E-state index is 0.192. The van der Waals surface area contributed by atoms with E-state index in [1.54, 1.807) is 12.1 Å². The molecule has 0 spiro atoms. The molecular weight excluding hydrogens is 270 g/mol. The number of anilines is 1. The van der Waals surface area contributed by atoms with Crippen molar-refractivity contribution in [1.82, 2.24) is 0 Å². The van der Waals surface area contributed by atoms with Gasteiger partial charge in [0.2, 0.25) is 0 Å². The summed E-state index contributed by atoms with van der Waals surface area (Å²) in [5, 5.41) is 13.4. The molecule has 0 saturated carbocycles. The number of hydrogen-bond acceptors (Lipinski definition) is 4. The maximum Gasteiger partial charge on any atom is 0.270 e. The molecular formula is C13H12F2N2O3. The Hall–Kier alpha value is -2.44. The highest BCUT2D eigenvalue weighted by Crippen LogP contribution is 2.30. The van der Waals surface area contributed by atoms with Crippen molar-refractivity contribution in [1.29, 1.82) is 0 Å². The Morgan fingerprint density at radius 2 is 2.15 bits per heavy atom. The van der Waals surface area contributed by atoms with Crippen LogP contribution >= 0.6 is 0 Å². The van der Waals surface area contributed by atoms with Gasteiger partial charge < -0.3 is 9.73 Å². The van der Waals surface area contributed by atoms with E-state index in [9.17, 15) is 18.9 Å². The standard InChI is InChI=1S/C13H12F2N2O3/c14-13(15)11-8-9(17(18)19)3-4-12(11)16-6-5-10-2-1-7-20-10/h1-4,7-8,13,16H,5-6H2. The zero-order valence-corrected chi connectivity index (χ0v) is 10.4. The normalized spacial score (nSPS) is 10.8. The minimum Gasteiger partial charge on any atom is -0.469 e. The van der Waals surface area contributed by atoms with Crippen LogP contribution in [-0.4, -0.2) is 11.5 Å². The molecule has 1 N–H and O–H groups in total. The van der Waals surface area contributed by atoms with Gasteiger partial charge in [0.15, 0.2) is 0 Å². The van der Waals surface area contributed by atoms with Crippen LogP contribution in [0.3, 0.4) is 0 Å². The highest BCUT2D eigenvalue weighted by Gasteiger charge is 2.17. The summed E-state index contributed by atoms with van der Waals surface area (Å²) in [6.07, 6.45) is -0.709. The fraction of sp³-hybridized carbons (Fsp3) is 0.231. The van der Waals surface area contributed by atoms with Crippen LogP contribution in [0, 0.1) is 10.1 Å². The van der Waals surface area contributed by atoms with Gasteiger partial charge in [-0.1, -0.05) is 0 Å². The molecule has 2 rings (SSSR count). The summed E-state index contributed by atoms with van der Waals surface area (Å²) in [5.41, 5.74) is -0.535. The van der Waals surface area contributed by atoms with E-state index in [-0.39, 0.29) is 16.9 Å². The fourth-order valence-corrected chi connectivity index (χ4v) is 1.78. The van der Waals surface area contributed by atoms with E-state index in [4.69, 9.17) is 4.42 Å². The Morgan fingerprint density at radius 3 is 2.75 bits per heavy atom. The summed E-state index contributed by atoms with van der Waals surface area (Å²) in [7, 11) is 0. The van der Waals surface area contributed by atoms with Crippen molar-refractivity contribution in [2.75, 3.05) is 11.9 Å². The van der Waals surface area contributed by atoms with Crippen molar-refractivity contribution in [3.63, 3.8) is 0 Å². The zero-order chi connectivity index (χ0) is 14.5. The first-order chi connectivity index (χ1) is 9.58. The summed E-state index contributed by atoms with van der Waals surface area (Å²) < 4.78 is 30.9. The van der Waals surface area contributed by atoms with Crippen molar-refractivity contribution in [2.24, 2.45) is 0 Å². The number of nitrogens with one attached hydrogen (secondary N) is 1. The Labute approximate surface area is 113 Å². The second-order valence-corrected chi connectivity index (χ2v) is 4.09. The van der Waals surface area contributed by atoms with Gasteiger partial charge in [-0.25, -0.2) is 8.78 Å². The third kappa shape index (κ3) is 3.31. The largest absolute Gasteiger partial charge is 0.469 e. The predicted molar refractivity (Wildman–Crippen MR) is 69.0 cm³/mol. The highest BCUT2D eigenvalue weighted by atomic mass is 19.3. The maximum atomic E-state index is 12.9. The van der Waals surface area contributed by atoms with Crippen molar-refractivity contribution in [3.8, 4) is 0 Å². The van der Waals surface area contributed by atoms with Gasteiger partial charge in [-0.2, -0.15) is 0 Å². The monoisotopic (exact) mass is 282 g/mol. The van der Waals surface area contributed by atoms with E-state index >= 15 is 0 Å². The molecule has 5 nitrogen and oxygen atoms in total. The first kappa shape index (κ1) is 14.0. The molecule has 0 fully saturated rings. The maximum absolute atomic E-state index is 12.9. The summed E-state index contributed by atoms with van der Waals surface area (Å²) in [4.78, 5) is 9.89. The van der Waals surface area contributed by atoms with Gasteiger partial charge in [-0.3, -0.25) is 10.1 Å². The lowest BCUT2D eigenvalue weighted by molar-refractivity contribution is -0.385. The van der Waals surface area contributed by atoms with Gasteiger partial charge in [0.05, 0.1) is 11.2 Å². The summed E-state index contributed by atoms with van der Waals surface area (Å²) in [5.74, 6) is 0.734. The molecule has 0 saturated heterocycles. The fourth-order valence-electron chi connectivity index (χ4n) is 1.78. The third-order valence-corrected chi connectivity index (χ3v) is 2.75. The van der Waals surface area contributed by atoms with Gasteiger partial charge in [0, 0.05) is 36.3 Å². The number of alkyl halides is 2. The number of furan rings is 1. The summed E-state index contributed by atoms with van der Waals surface area (Å²) in [6, 6.07) is 6.90. The van der Waals surface area contributed by atoms with Crippen LogP contribution in [0.2, 0.25) is 0 Å². The van der Waals surface area contributed by atoms with Gasteiger partial charge in [-0.05, 0) is 18.2 Å². The number of benzene rings is 1. The smallest absolute Gasteiger partial charge is 0.270 e. The molecule has 0 amide bonds. The van der Waals surface area contributed by atoms with E-state index in [1.165, 1.54) is 18.4 Å². The average Bonchev–Trinajstić information content (AvgIpc) is 2.91. The van der Waals surface area contributed by atoms with Gasteiger partial charge in [-0.15, -0.1) is 0 Å². The van der Waals surface area contributed by atoms with Crippen LogP contribution in [0.15, 0.2) is 41.0 Å². The minimum atomic E-state index is -2.78. The molecule has 2 aromatic rings. The van der Waals surface area contributed by atoms with Crippen molar-refractivity contribution >= 4 is 11.4 Å². The van der Waals surface area contributed by atoms with Crippen molar-refractivity contribution in [3.05, 3.63) is 58.0 Å². The molecule has 0 unspecified atom stereocenters. The van der Waals surface area contributed by atoms with E-state index < -0.39 is 11.3 Å². The number of rotatable bonds is 6. The molecule has 20 heavy (non-hydrogen) atoms. The lowest BCUT2D eigenvalue weighted by Crippen LogP contribution is -2.07. The van der Waals surface area contributed by atoms with Crippen LogP contribution in [0.5, 0.6) is 0 Å². The van der Waals surface area contributed by atoms with E-state index in [0.717, 1.165) is 11.8 Å². The molecule has 0 bridgehead atoms. The zero-order valence-electron chi connectivity index (χ0n) is 10.4. The molecule has 0 atom stereocenters. The number of nitro groups is 1. The van der Waals surface area contributed by atoms with Crippen LogP contribution in [-0.2, 0) is 6.42 Å². The molecule has 1 heterocycles. The molecule has 0 aliphatic carbocycles. The van der Waals surface area contributed by atoms with E-state index in [1.807, 2.05) is 0 Å². The lowest BCUT2D eigenvalue weighted by Gasteiger charge is -2.10. The third-order valence-electron chi connectivity index (χ3n) is 2.75. The molecule has 1 aromatic carbocycles. The van der Waals surface area contributed by atoms with Crippen LogP contribution in [0.1, 0.15) is 17.7 Å². The Balaban J connectivity index is 2.08. The Kier molecular flexibility index (Phi) is 4.29. The first-order valence-electron chi connectivity index (χ1n) is 5.90. The number of hydrogen-bond donors (Lipinski definition) is 1. The topological polar surface area (TPSA) is 68.3 Å². The molecule has 0 aliphatic rings. The lowest BCUT2D eigenvalue weighted by atomic mass is 10.1.